The zero-order valence-corrected chi connectivity index (χ0v) is 13.8. The van der Waals surface area contributed by atoms with Crippen LogP contribution in [0.5, 0.6) is 0 Å². The maximum absolute atomic E-state index is 11.8. The fraction of sp³-hybridized carbons (Fsp3) is 0.188. The van der Waals surface area contributed by atoms with E-state index in [1.54, 1.807) is 6.20 Å². The predicted molar refractivity (Wildman–Crippen MR) is 91.1 cm³/mol. The zero-order chi connectivity index (χ0) is 16.7. The number of rotatable bonds is 3. The quantitative estimate of drug-likeness (QED) is 0.784. The second-order valence-electron chi connectivity index (χ2n) is 5.72. The van der Waals surface area contributed by atoms with Crippen LogP contribution >= 0.6 is 0 Å². The Bertz CT molecular complexity index is 1040. The zero-order valence-electron chi connectivity index (χ0n) is 13.0. The molecule has 0 amide bonds. The highest BCUT2D eigenvalue weighted by Crippen LogP contribution is 2.29. The van der Waals surface area contributed by atoms with Crippen LogP contribution in [0, 0.1) is 0 Å². The van der Waals surface area contributed by atoms with Gasteiger partial charge in [0.05, 0.1) is 35.9 Å². The Morgan fingerprint density at radius 3 is 2.79 bits per heavy atom. The summed E-state index contributed by atoms with van der Waals surface area (Å²) in [6, 6.07) is 9.83. The van der Waals surface area contributed by atoms with Crippen molar-refractivity contribution >= 4 is 32.4 Å². The van der Waals surface area contributed by atoms with Gasteiger partial charge in [-0.3, -0.25) is 4.98 Å². The number of nitrogens with zero attached hydrogens (tertiary/aromatic N) is 4. The van der Waals surface area contributed by atoms with Gasteiger partial charge in [-0.05, 0) is 12.1 Å². The van der Waals surface area contributed by atoms with E-state index in [2.05, 4.69) is 20.3 Å². The Kier molecular flexibility index (Phi) is 3.43. The van der Waals surface area contributed by atoms with Gasteiger partial charge < -0.3 is 5.32 Å². The molecule has 24 heavy (non-hydrogen) atoms. The van der Waals surface area contributed by atoms with Crippen molar-refractivity contribution in [3.05, 3.63) is 54.1 Å². The van der Waals surface area contributed by atoms with Gasteiger partial charge in [0, 0.05) is 17.5 Å². The summed E-state index contributed by atoms with van der Waals surface area (Å²) < 4.78 is 24.9. The molecule has 0 saturated heterocycles. The van der Waals surface area contributed by atoms with Crippen LogP contribution in [-0.2, 0) is 23.1 Å². The Balaban J connectivity index is 1.68. The van der Waals surface area contributed by atoms with E-state index in [4.69, 9.17) is 0 Å². The number of nitrogens with one attached hydrogen (secondary N) is 1. The molecule has 1 N–H and O–H groups in total. The summed E-state index contributed by atoms with van der Waals surface area (Å²) in [5.41, 5.74) is 3.24. The minimum Gasteiger partial charge on any atom is -0.339 e. The number of anilines is 2. The van der Waals surface area contributed by atoms with Crippen LogP contribution in [0.15, 0.2) is 42.9 Å². The number of sulfonamides is 1. The molecule has 1 aliphatic rings. The third kappa shape index (κ3) is 2.70. The first-order chi connectivity index (χ1) is 11.5. The van der Waals surface area contributed by atoms with Crippen molar-refractivity contribution in [3.63, 3.8) is 0 Å². The van der Waals surface area contributed by atoms with E-state index in [0.29, 0.717) is 5.82 Å². The molecule has 4 rings (SSSR count). The van der Waals surface area contributed by atoms with Crippen molar-refractivity contribution in [2.24, 2.45) is 0 Å². The molecular formula is C16H15N5O2S. The number of pyridine rings is 1. The number of hydrogen-bond donors (Lipinski definition) is 1. The van der Waals surface area contributed by atoms with Gasteiger partial charge in [-0.2, -0.15) is 4.31 Å². The monoisotopic (exact) mass is 341 g/mol. The highest BCUT2D eigenvalue weighted by Gasteiger charge is 2.29. The second kappa shape index (κ2) is 5.50. The molecule has 1 aromatic carbocycles. The summed E-state index contributed by atoms with van der Waals surface area (Å²) in [6.07, 6.45) is 4.38. The molecule has 0 fully saturated rings. The lowest BCUT2D eigenvalue weighted by Gasteiger charge is -2.11. The van der Waals surface area contributed by atoms with Gasteiger partial charge in [-0.15, -0.1) is 0 Å². The standard InChI is InChI=1S/C16H15N5O2S/c1-24(22,23)21-8-13-15(9-21)18-10-19-16(13)20-12-6-11-4-2-3-5-14(11)17-7-12/h2-7,10H,8-9H2,1H3,(H,18,19,20). The van der Waals surface area contributed by atoms with Gasteiger partial charge in [-0.25, -0.2) is 18.4 Å². The van der Waals surface area contributed by atoms with Crippen LogP contribution in [0.3, 0.4) is 0 Å². The summed E-state index contributed by atoms with van der Waals surface area (Å²) in [5, 5.41) is 4.25. The number of hydrogen-bond acceptors (Lipinski definition) is 6. The normalized spacial score (nSPS) is 14.7. The molecule has 0 aliphatic carbocycles. The SMILES string of the molecule is CS(=O)(=O)N1Cc2ncnc(Nc3cnc4ccccc4c3)c2C1. The van der Waals surface area contributed by atoms with E-state index in [9.17, 15) is 8.42 Å². The average molecular weight is 341 g/mol. The van der Waals surface area contributed by atoms with Crippen molar-refractivity contribution in [2.75, 3.05) is 11.6 Å². The molecule has 7 nitrogen and oxygen atoms in total. The molecule has 0 saturated carbocycles. The van der Waals surface area contributed by atoms with Crippen molar-refractivity contribution in [1.29, 1.82) is 0 Å². The summed E-state index contributed by atoms with van der Waals surface area (Å²) >= 11 is 0. The lowest BCUT2D eigenvalue weighted by molar-refractivity contribution is 0.434. The van der Waals surface area contributed by atoms with Crippen LogP contribution in [0.1, 0.15) is 11.3 Å². The fourth-order valence-electron chi connectivity index (χ4n) is 2.77. The number of fused-ring (bicyclic) bond motifs is 2. The summed E-state index contributed by atoms with van der Waals surface area (Å²) in [6.45, 7) is 0.555. The molecule has 122 valence electrons. The van der Waals surface area contributed by atoms with Gasteiger partial charge >= 0.3 is 0 Å². The molecule has 3 heterocycles. The first-order valence-corrected chi connectivity index (χ1v) is 9.25. The van der Waals surface area contributed by atoms with E-state index in [-0.39, 0.29) is 13.1 Å². The molecular weight excluding hydrogens is 326 g/mol. The highest BCUT2D eigenvalue weighted by atomic mass is 32.2. The number of benzene rings is 1. The first kappa shape index (κ1) is 15.0. The average Bonchev–Trinajstić information content (AvgIpc) is 3.00. The fourth-order valence-corrected chi connectivity index (χ4v) is 3.49. The van der Waals surface area contributed by atoms with Crippen LogP contribution in [0.2, 0.25) is 0 Å². The highest BCUT2D eigenvalue weighted by molar-refractivity contribution is 7.88. The maximum atomic E-state index is 11.8. The Morgan fingerprint density at radius 1 is 1.12 bits per heavy atom. The van der Waals surface area contributed by atoms with Crippen molar-refractivity contribution in [3.8, 4) is 0 Å². The Hall–Kier alpha value is -2.58. The predicted octanol–water partition coefficient (Wildman–Crippen LogP) is 2.04. The minimum absolute atomic E-state index is 0.276. The molecule has 0 radical (unpaired) electrons. The molecule has 1 aliphatic heterocycles. The smallest absolute Gasteiger partial charge is 0.211 e. The number of aromatic nitrogens is 3. The topological polar surface area (TPSA) is 88.1 Å². The largest absolute Gasteiger partial charge is 0.339 e. The molecule has 0 atom stereocenters. The van der Waals surface area contributed by atoms with Crippen LogP contribution < -0.4 is 5.32 Å². The van der Waals surface area contributed by atoms with E-state index in [0.717, 1.165) is 27.8 Å². The number of para-hydroxylation sites is 1. The summed E-state index contributed by atoms with van der Waals surface area (Å²) in [4.78, 5) is 12.9. The van der Waals surface area contributed by atoms with E-state index >= 15 is 0 Å². The molecule has 0 bridgehead atoms. The van der Waals surface area contributed by atoms with Gasteiger partial charge in [0.1, 0.15) is 12.1 Å². The van der Waals surface area contributed by atoms with E-state index < -0.39 is 10.0 Å². The van der Waals surface area contributed by atoms with Crippen molar-refractivity contribution in [1.82, 2.24) is 19.3 Å². The van der Waals surface area contributed by atoms with Gasteiger partial charge in [0.15, 0.2) is 0 Å². The minimum atomic E-state index is -3.26. The third-order valence-electron chi connectivity index (χ3n) is 4.02. The molecule has 3 aromatic rings. The summed E-state index contributed by atoms with van der Waals surface area (Å²) in [7, 11) is -3.26. The second-order valence-corrected chi connectivity index (χ2v) is 7.70. The Labute approximate surface area is 139 Å². The van der Waals surface area contributed by atoms with E-state index in [1.807, 2.05) is 30.3 Å². The Morgan fingerprint density at radius 2 is 1.96 bits per heavy atom. The van der Waals surface area contributed by atoms with Gasteiger partial charge in [0.2, 0.25) is 10.0 Å². The van der Waals surface area contributed by atoms with Gasteiger partial charge in [0.25, 0.3) is 0 Å². The van der Waals surface area contributed by atoms with Gasteiger partial charge in [-0.1, -0.05) is 18.2 Å². The van der Waals surface area contributed by atoms with Crippen LogP contribution in [0.25, 0.3) is 10.9 Å². The lowest BCUT2D eigenvalue weighted by atomic mass is 10.2. The third-order valence-corrected chi connectivity index (χ3v) is 5.21. The molecule has 2 aromatic heterocycles. The summed E-state index contributed by atoms with van der Waals surface area (Å²) in [5.74, 6) is 0.614. The molecule has 0 unspecified atom stereocenters. The van der Waals surface area contributed by atoms with Crippen LogP contribution in [-0.4, -0.2) is 33.9 Å². The first-order valence-electron chi connectivity index (χ1n) is 7.40. The van der Waals surface area contributed by atoms with Crippen LogP contribution in [0.4, 0.5) is 11.5 Å². The van der Waals surface area contributed by atoms with Crippen molar-refractivity contribution < 1.29 is 8.42 Å². The lowest BCUT2D eigenvalue weighted by Crippen LogP contribution is -2.23. The van der Waals surface area contributed by atoms with Crippen molar-refractivity contribution in [2.45, 2.75) is 13.1 Å². The maximum Gasteiger partial charge on any atom is 0.211 e. The molecule has 0 spiro atoms. The van der Waals surface area contributed by atoms with E-state index in [1.165, 1.54) is 16.9 Å². The molecule has 8 heteroatoms.